The molecule has 3 amide bonds. The highest BCUT2D eigenvalue weighted by atomic mass is 16.5. The van der Waals surface area contributed by atoms with E-state index in [0.29, 0.717) is 58.1 Å². The molecule has 3 atom stereocenters. The first-order valence-electron chi connectivity index (χ1n) is 24.8. The second-order valence-electron chi connectivity index (χ2n) is 17.5. The van der Waals surface area contributed by atoms with Gasteiger partial charge in [0.05, 0.1) is 32.5 Å². The standard InChI is InChI=1S/C48H83N5O13/c49-34-43(57)37-22-24-39(55)26-29-44(58)52-36-51-40(42(56)28-23-37)19-15-16-30-50-46(60)35-66-33-32-65-31-17-18-38(54)25-27-41(48(63)64)53-45(59)20-13-11-9-7-5-3-1-2-4-6-8-10-12-14-21-47(61)62/h37,40-41,51H,1-36,49H2,(H,50,60)(H,52,58)(H,53,59)(H,61,62)(H,63,64)/t37-,40+,41+/m1/s1. The summed E-state index contributed by atoms with van der Waals surface area (Å²) < 4.78 is 10.9. The normalized spacial score (nSPS) is 16.8. The second kappa shape index (κ2) is 40.0. The fourth-order valence-corrected chi connectivity index (χ4v) is 7.72. The smallest absolute Gasteiger partial charge is 0.326 e. The van der Waals surface area contributed by atoms with Crippen LogP contribution in [0.2, 0.25) is 0 Å². The summed E-state index contributed by atoms with van der Waals surface area (Å²) in [6.07, 6.45) is 19.0. The van der Waals surface area contributed by atoms with Gasteiger partial charge in [-0.25, -0.2) is 4.79 Å². The van der Waals surface area contributed by atoms with Gasteiger partial charge in [0, 0.05) is 70.4 Å². The number of carbonyl (C=O) groups excluding carboxylic acids is 7. The molecule has 0 aromatic rings. The lowest BCUT2D eigenvalue weighted by Crippen LogP contribution is -2.44. The Kier molecular flexibility index (Phi) is 36.3. The zero-order valence-corrected chi connectivity index (χ0v) is 39.7. The van der Waals surface area contributed by atoms with Gasteiger partial charge in [-0.2, -0.15) is 0 Å². The zero-order valence-electron chi connectivity index (χ0n) is 39.7. The van der Waals surface area contributed by atoms with Crippen molar-refractivity contribution in [2.45, 2.75) is 198 Å². The summed E-state index contributed by atoms with van der Waals surface area (Å²) in [4.78, 5) is 109. The number of unbranched alkanes of at least 4 members (excludes halogenated alkanes) is 14. The van der Waals surface area contributed by atoms with Gasteiger partial charge in [-0.3, -0.25) is 43.7 Å². The van der Waals surface area contributed by atoms with Gasteiger partial charge < -0.3 is 41.4 Å². The van der Waals surface area contributed by atoms with Gasteiger partial charge in [0.25, 0.3) is 0 Å². The molecule has 378 valence electrons. The molecule has 8 N–H and O–H groups in total. The molecular formula is C48H83N5O13. The highest BCUT2D eigenvalue weighted by molar-refractivity contribution is 5.88. The van der Waals surface area contributed by atoms with Gasteiger partial charge in [0.1, 0.15) is 35.8 Å². The summed E-state index contributed by atoms with van der Waals surface area (Å²) in [5.41, 5.74) is 5.56. The van der Waals surface area contributed by atoms with Crippen LogP contribution in [-0.2, 0) is 52.6 Å². The van der Waals surface area contributed by atoms with E-state index < -0.39 is 29.9 Å². The number of hydrogen-bond acceptors (Lipinski definition) is 13. The Balaban J connectivity index is 2.10. The molecule has 1 aliphatic rings. The van der Waals surface area contributed by atoms with Gasteiger partial charge >= 0.3 is 11.9 Å². The predicted octanol–water partition coefficient (Wildman–Crippen LogP) is 5.00. The summed E-state index contributed by atoms with van der Waals surface area (Å²) >= 11 is 0. The van der Waals surface area contributed by atoms with E-state index in [-0.39, 0.29) is 132 Å². The van der Waals surface area contributed by atoms with E-state index in [4.69, 9.17) is 20.3 Å². The van der Waals surface area contributed by atoms with Crippen molar-refractivity contribution in [3.8, 4) is 0 Å². The second-order valence-corrected chi connectivity index (χ2v) is 17.5. The van der Waals surface area contributed by atoms with E-state index in [1.165, 1.54) is 44.9 Å². The van der Waals surface area contributed by atoms with E-state index in [1.807, 2.05) is 0 Å². The maximum absolute atomic E-state index is 13.1. The molecule has 1 fully saturated rings. The number of hydrogen-bond donors (Lipinski definition) is 7. The van der Waals surface area contributed by atoms with Gasteiger partial charge in [0.15, 0.2) is 0 Å². The molecule has 1 saturated heterocycles. The molecule has 0 spiro atoms. The molecule has 1 aliphatic heterocycles. The van der Waals surface area contributed by atoms with Crippen LogP contribution in [-0.4, -0.2) is 121 Å². The number of ether oxygens (including phenoxy) is 2. The molecule has 0 aromatic heterocycles. The first-order valence-corrected chi connectivity index (χ1v) is 24.8. The van der Waals surface area contributed by atoms with E-state index in [1.54, 1.807) is 0 Å². The first kappa shape index (κ1) is 59.9. The van der Waals surface area contributed by atoms with E-state index >= 15 is 0 Å². The zero-order chi connectivity index (χ0) is 48.6. The van der Waals surface area contributed by atoms with Crippen molar-refractivity contribution < 1.29 is 62.8 Å². The predicted molar refractivity (Wildman–Crippen MR) is 248 cm³/mol. The van der Waals surface area contributed by atoms with Gasteiger partial charge in [-0.1, -0.05) is 77.0 Å². The van der Waals surface area contributed by atoms with Crippen molar-refractivity contribution >= 4 is 52.8 Å². The van der Waals surface area contributed by atoms with Crippen molar-refractivity contribution in [2.75, 3.05) is 46.2 Å². The number of nitrogens with one attached hydrogen (secondary N) is 4. The average Bonchev–Trinajstić information content (AvgIpc) is 3.28. The number of rotatable bonds is 38. The lowest BCUT2D eigenvalue weighted by molar-refractivity contribution is -0.142. The molecule has 66 heavy (non-hydrogen) atoms. The Labute approximate surface area is 392 Å². The Hall–Kier alpha value is -4.13. The molecule has 0 unspecified atom stereocenters. The maximum atomic E-state index is 13.1. The highest BCUT2D eigenvalue weighted by Gasteiger charge is 2.24. The molecule has 0 aromatic carbocycles. The van der Waals surface area contributed by atoms with Crippen molar-refractivity contribution in [1.29, 1.82) is 0 Å². The van der Waals surface area contributed by atoms with E-state index in [2.05, 4.69) is 21.3 Å². The lowest BCUT2D eigenvalue weighted by atomic mass is 9.89. The molecule has 1 heterocycles. The van der Waals surface area contributed by atoms with Crippen LogP contribution in [0.4, 0.5) is 0 Å². The average molecular weight is 938 g/mol. The number of amides is 3. The molecule has 18 heteroatoms. The van der Waals surface area contributed by atoms with Crippen LogP contribution in [0.25, 0.3) is 0 Å². The largest absolute Gasteiger partial charge is 0.481 e. The SMILES string of the molecule is NCC(=O)[C@@H]1CCC(=O)CCC(=O)NCN[C@@H](CCCCNC(=O)COCCOCCCC(=O)CC[C@H](NC(=O)CCCCCCCCCCCCCCCCC(=O)O)C(=O)O)C(=O)CC1. The molecule has 0 saturated carbocycles. The number of carboxylic acids is 2. The fraction of sp³-hybridized carbons (Fsp3) is 0.812. The fourth-order valence-electron chi connectivity index (χ4n) is 7.72. The molecular weight excluding hydrogens is 855 g/mol. The van der Waals surface area contributed by atoms with Crippen LogP contribution < -0.4 is 27.0 Å². The Morgan fingerprint density at radius 3 is 1.88 bits per heavy atom. The Morgan fingerprint density at radius 2 is 1.26 bits per heavy atom. The van der Waals surface area contributed by atoms with E-state index in [0.717, 1.165) is 38.5 Å². The summed E-state index contributed by atoms with van der Waals surface area (Å²) in [6.45, 7) is 0.794. The molecule has 18 nitrogen and oxygen atoms in total. The number of Topliss-reactive ketones (excluding diaryl/α,β-unsaturated/α-hetero) is 4. The third-order valence-corrected chi connectivity index (χ3v) is 11.8. The summed E-state index contributed by atoms with van der Waals surface area (Å²) in [6, 6.07) is -1.67. The first-order chi connectivity index (χ1) is 31.8. The summed E-state index contributed by atoms with van der Waals surface area (Å²) in [5.74, 6) is -3.80. The number of carbonyl (C=O) groups is 9. The van der Waals surface area contributed by atoms with Crippen LogP contribution in [0, 0.1) is 5.92 Å². The van der Waals surface area contributed by atoms with Crippen molar-refractivity contribution in [2.24, 2.45) is 11.7 Å². The number of aliphatic carboxylic acids is 2. The molecule has 0 bridgehead atoms. The monoisotopic (exact) mass is 938 g/mol. The third kappa shape index (κ3) is 34.2. The highest BCUT2D eigenvalue weighted by Crippen LogP contribution is 2.19. The minimum atomic E-state index is -1.17. The minimum absolute atomic E-state index is 0.0215. The van der Waals surface area contributed by atoms with Gasteiger partial charge in [-0.05, 0) is 57.8 Å². The van der Waals surface area contributed by atoms with Crippen molar-refractivity contribution in [3.05, 3.63) is 0 Å². The van der Waals surface area contributed by atoms with Crippen LogP contribution in [0.15, 0.2) is 0 Å². The van der Waals surface area contributed by atoms with Gasteiger partial charge in [-0.15, -0.1) is 0 Å². The Bertz CT molecular complexity index is 1450. The quantitative estimate of drug-likeness (QED) is 0.0401. The molecule has 0 radical (unpaired) electrons. The van der Waals surface area contributed by atoms with Gasteiger partial charge in [0.2, 0.25) is 17.7 Å². The maximum Gasteiger partial charge on any atom is 0.326 e. The molecule has 1 rings (SSSR count). The summed E-state index contributed by atoms with van der Waals surface area (Å²) in [5, 5.41) is 29.3. The van der Waals surface area contributed by atoms with Crippen LogP contribution in [0.5, 0.6) is 0 Å². The minimum Gasteiger partial charge on any atom is -0.481 e. The van der Waals surface area contributed by atoms with Crippen LogP contribution in [0.1, 0.15) is 186 Å². The van der Waals surface area contributed by atoms with Crippen molar-refractivity contribution in [3.63, 3.8) is 0 Å². The number of carboxylic acid groups (broad SMARTS) is 2. The molecule has 0 aliphatic carbocycles. The number of ketones is 4. The Morgan fingerprint density at radius 1 is 0.652 bits per heavy atom. The lowest BCUT2D eigenvalue weighted by Gasteiger charge is -2.21. The topological polar surface area (TPSA) is 287 Å². The van der Waals surface area contributed by atoms with Crippen molar-refractivity contribution in [1.82, 2.24) is 21.3 Å². The van der Waals surface area contributed by atoms with Crippen LogP contribution >= 0.6 is 0 Å². The number of nitrogens with two attached hydrogens (primary N) is 1. The third-order valence-electron chi connectivity index (χ3n) is 11.8. The van der Waals surface area contributed by atoms with Crippen LogP contribution in [0.3, 0.4) is 0 Å². The summed E-state index contributed by atoms with van der Waals surface area (Å²) in [7, 11) is 0. The van der Waals surface area contributed by atoms with E-state index in [9.17, 15) is 48.3 Å².